The van der Waals surface area contributed by atoms with Gasteiger partial charge in [0.1, 0.15) is 33.2 Å². The molecule has 4 bridgehead atoms. The summed E-state index contributed by atoms with van der Waals surface area (Å²) >= 11 is 12.4. The van der Waals surface area contributed by atoms with Gasteiger partial charge < -0.3 is 44.9 Å². The first-order valence-electron chi connectivity index (χ1n) is 23.1. The molecule has 0 aliphatic carbocycles. The summed E-state index contributed by atoms with van der Waals surface area (Å²) in [6, 6.07) is 18.2. The number of carboxylic acid groups (broad SMARTS) is 1. The number of fused-ring (bicyclic) bond motifs is 4. The number of carbonyl (C=O) groups excluding carboxylic acids is 3. The Bertz CT molecular complexity index is 2580. The van der Waals surface area contributed by atoms with Crippen LogP contribution in [-0.4, -0.2) is 122 Å². The average molecular weight is 1020 g/mol. The van der Waals surface area contributed by atoms with Gasteiger partial charge in [0.2, 0.25) is 17.7 Å². The minimum absolute atomic E-state index is 0.0828. The summed E-state index contributed by atoms with van der Waals surface area (Å²) in [7, 11) is 5.74. The molecule has 15 nitrogen and oxygen atoms in total. The SMILES string of the molecule is COc1cc(/C=C/C(=O)N2C3CCC2CN(Cc2ccc(F)cc2)C3)c(NC(C)=O)c(OC)c1Cl.COc1cc(/C=C/C(=O)O)c(NC(C)=O)c(OC)c1Cl.Fc1ccc(CN2CC3CCC(C2)N3)cc1. The molecule has 4 aromatic rings. The maximum absolute atomic E-state index is 13.2. The van der Waals surface area contributed by atoms with Crippen molar-refractivity contribution in [2.75, 3.05) is 65.3 Å². The van der Waals surface area contributed by atoms with Crippen LogP contribution in [0.25, 0.3) is 12.2 Å². The molecule has 8 rings (SSSR count). The molecule has 4 saturated heterocycles. The molecule has 0 spiro atoms. The Morgan fingerprint density at radius 3 is 1.44 bits per heavy atom. The lowest BCUT2D eigenvalue weighted by Crippen LogP contribution is -2.55. The number of hydrogen-bond donors (Lipinski definition) is 4. The van der Waals surface area contributed by atoms with Gasteiger partial charge in [-0.2, -0.15) is 0 Å². The summed E-state index contributed by atoms with van der Waals surface area (Å²) in [6.45, 7) is 8.20. The Kier molecular flexibility index (Phi) is 19.2. The number of nitrogens with one attached hydrogen (secondary N) is 3. The first kappa shape index (κ1) is 54.1. The summed E-state index contributed by atoms with van der Waals surface area (Å²) in [5, 5.41) is 18.0. The molecule has 3 amide bonds. The minimum atomic E-state index is -1.12. The zero-order valence-electron chi connectivity index (χ0n) is 40.5. The van der Waals surface area contributed by atoms with E-state index in [2.05, 4.69) is 25.8 Å². The van der Waals surface area contributed by atoms with E-state index in [9.17, 15) is 28.0 Å². The number of ether oxygens (including phenoxy) is 4. The number of halogens is 4. The fourth-order valence-electron chi connectivity index (χ4n) is 9.41. The van der Waals surface area contributed by atoms with Crippen LogP contribution in [0.3, 0.4) is 0 Å². The van der Waals surface area contributed by atoms with Crippen molar-refractivity contribution in [1.29, 1.82) is 0 Å². The highest BCUT2D eigenvalue weighted by molar-refractivity contribution is 6.35. The highest BCUT2D eigenvalue weighted by Crippen LogP contribution is 2.44. The number of benzene rings is 4. The summed E-state index contributed by atoms with van der Waals surface area (Å²) in [5.41, 5.74) is 3.88. The number of carbonyl (C=O) groups is 4. The van der Waals surface area contributed by atoms with E-state index in [0.717, 1.165) is 63.7 Å². The van der Waals surface area contributed by atoms with Crippen LogP contribution in [0.1, 0.15) is 61.8 Å². The molecule has 0 aromatic heterocycles. The number of piperazine rings is 2. The number of rotatable bonds is 14. The second-order valence-corrected chi connectivity index (χ2v) is 18.3. The van der Waals surface area contributed by atoms with Gasteiger partial charge in [-0.3, -0.25) is 24.2 Å². The monoisotopic (exact) mass is 1020 g/mol. The largest absolute Gasteiger partial charge is 0.495 e. The number of likely N-dealkylation sites (tertiary alicyclic amines) is 2. The van der Waals surface area contributed by atoms with E-state index in [1.807, 2.05) is 17.0 Å². The van der Waals surface area contributed by atoms with E-state index >= 15 is 0 Å². The van der Waals surface area contributed by atoms with Crippen LogP contribution in [0.2, 0.25) is 10.0 Å². The molecule has 4 aromatic carbocycles. The molecule has 4 fully saturated rings. The molecule has 4 atom stereocenters. The van der Waals surface area contributed by atoms with E-state index in [1.165, 1.54) is 91.0 Å². The van der Waals surface area contributed by atoms with Crippen LogP contribution in [0, 0.1) is 11.6 Å². The van der Waals surface area contributed by atoms with Crippen molar-refractivity contribution in [3.63, 3.8) is 0 Å². The minimum Gasteiger partial charge on any atom is -0.495 e. The highest BCUT2D eigenvalue weighted by atomic mass is 35.5. The molecule has 0 saturated carbocycles. The third-order valence-electron chi connectivity index (χ3n) is 12.4. The summed E-state index contributed by atoms with van der Waals surface area (Å²) < 4.78 is 47.0. The standard InChI is InChI=1S/C26H29ClFN3O4.C13H14ClNO5.C13H17FN2/c1-16(32)29-25-18(12-22(34-2)24(27)26(25)35-3)6-11-23(33)31-20-9-10-21(31)15-30(14-20)13-17-4-7-19(28)8-5-17;1-7(16)15-12-8(4-5-10(17)18)6-9(19-2)11(14)13(12)20-3;14-11-3-1-10(2-4-11)7-16-8-12-5-6-13(9-16)15-12/h4-8,11-12,20-21H,9-10,13-15H2,1-3H3,(H,29,32);4-6H,1-3H3,(H,15,16)(H,17,18);1-4,12-13,15H,5-9H2/b11-6+;5-4+;. The first-order chi connectivity index (χ1) is 34.0. The highest BCUT2D eigenvalue weighted by Gasteiger charge is 2.41. The average Bonchev–Trinajstić information content (AvgIpc) is 3.82. The van der Waals surface area contributed by atoms with Crippen LogP contribution in [-0.2, 0) is 32.3 Å². The maximum atomic E-state index is 13.2. The van der Waals surface area contributed by atoms with Gasteiger partial charge in [0.15, 0.2) is 11.5 Å². The fraction of sp³-hybridized carbons (Fsp3) is 0.385. The van der Waals surface area contributed by atoms with Gasteiger partial charge in [-0.1, -0.05) is 47.5 Å². The number of nitrogens with zero attached hydrogens (tertiary/aromatic N) is 3. The van der Waals surface area contributed by atoms with E-state index in [1.54, 1.807) is 36.4 Å². The zero-order chi connectivity index (χ0) is 51.4. The van der Waals surface area contributed by atoms with Crippen molar-refractivity contribution < 1.29 is 52.0 Å². The van der Waals surface area contributed by atoms with Gasteiger partial charge in [-0.25, -0.2) is 13.6 Å². The predicted octanol–water partition coefficient (Wildman–Crippen LogP) is 8.52. The van der Waals surface area contributed by atoms with Crippen molar-refractivity contribution in [2.24, 2.45) is 0 Å². The van der Waals surface area contributed by atoms with Crippen molar-refractivity contribution in [3.05, 3.63) is 117 Å². The van der Waals surface area contributed by atoms with Crippen molar-refractivity contribution in [1.82, 2.24) is 20.0 Å². The molecule has 4 unspecified atom stereocenters. The number of methoxy groups -OCH3 is 4. The maximum Gasteiger partial charge on any atom is 0.328 e. The molecule has 0 radical (unpaired) electrons. The fourth-order valence-corrected chi connectivity index (χ4v) is 10.0. The smallest absolute Gasteiger partial charge is 0.328 e. The van der Waals surface area contributed by atoms with Gasteiger partial charge in [-0.05, 0) is 85.4 Å². The molecular weight excluding hydrogens is 962 g/mol. The molecule has 4 aliphatic heterocycles. The van der Waals surface area contributed by atoms with Crippen LogP contribution in [0.4, 0.5) is 20.2 Å². The number of amides is 3. The van der Waals surface area contributed by atoms with Gasteiger partial charge >= 0.3 is 5.97 Å². The molecule has 380 valence electrons. The van der Waals surface area contributed by atoms with Gasteiger partial charge in [-0.15, -0.1) is 0 Å². The van der Waals surface area contributed by atoms with Crippen LogP contribution >= 0.6 is 23.2 Å². The predicted molar refractivity (Wildman–Crippen MR) is 270 cm³/mol. The summed E-state index contributed by atoms with van der Waals surface area (Å²) in [4.78, 5) is 53.7. The Morgan fingerprint density at radius 2 is 1.06 bits per heavy atom. The number of anilines is 2. The number of hydrogen-bond acceptors (Lipinski definition) is 11. The molecule has 4 heterocycles. The van der Waals surface area contributed by atoms with Crippen molar-refractivity contribution in [3.8, 4) is 23.0 Å². The van der Waals surface area contributed by atoms with E-state index in [0.29, 0.717) is 40.4 Å². The number of carboxylic acids is 1. The quantitative estimate of drug-likeness (QED) is 0.0890. The molecule has 4 N–H and O–H groups in total. The lowest BCUT2D eigenvalue weighted by atomic mass is 10.1. The van der Waals surface area contributed by atoms with Crippen LogP contribution in [0.5, 0.6) is 23.0 Å². The first-order valence-corrected chi connectivity index (χ1v) is 23.8. The van der Waals surface area contributed by atoms with E-state index in [-0.39, 0.29) is 68.7 Å². The van der Waals surface area contributed by atoms with Crippen molar-refractivity contribution in [2.45, 2.75) is 76.8 Å². The normalized spacial score (nSPS) is 19.3. The lowest BCUT2D eigenvalue weighted by Gasteiger charge is -2.40. The second-order valence-electron chi connectivity index (χ2n) is 17.6. The van der Waals surface area contributed by atoms with Gasteiger partial charge in [0.25, 0.3) is 0 Å². The number of aliphatic carboxylic acids is 1. The Hall–Kier alpha value is -6.24. The second kappa shape index (κ2) is 25.2. The Balaban J connectivity index is 0.000000193. The third-order valence-corrected chi connectivity index (χ3v) is 13.2. The Labute approximate surface area is 422 Å². The van der Waals surface area contributed by atoms with Crippen LogP contribution in [0.15, 0.2) is 72.8 Å². The molecule has 19 heteroatoms. The summed E-state index contributed by atoms with van der Waals surface area (Å²) in [6.07, 6.45) is 9.94. The molecule has 4 aliphatic rings. The zero-order valence-corrected chi connectivity index (χ0v) is 42.0. The van der Waals surface area contributed by atoms with E-state index < -0.39 is 5.97 Å². The van der Waals surface area contributed by atoms with Crippen LogP contribution < -0.4 is 34.9 Å². The van der Waals surface area contributed by atoms with Gasteiger partial charge in [0, 0.05) is 101 Å². The van der Waals surface area contributed by atoms with E-state index in [4.69, 9.17) is 47.3 Å². The van der Waals surface area contributed by atoms with Crippen molar-refractivity contribution >= 4 is 70.4 Å². The Morgan fingerprint density at radius 1 is 0.648 bits per heavy atom. The molecular formula is C52H60Cl2F2N6O9. The lowest BCUT2D eigenvalue weighted by molar-refractivity contribution is -0.132. The summed E-state index contributed by atoms with van der Waals surface area (Å²) in [5.74, 6) is -1.07. The topological polar surface area (TPSA) is 171 Å². The third kappa shape index (κ3) is 14.4. The molecule has 71 heavy (non-hydrogen) atoms. The van der Waals surface area contributed by atoms with Gasteiger partial charge in [0.05, 0.1) is 39.8 Å².